The quantitative estimate of drug-likeness (QED) is 0.699. The van der Waals surface area contributed by atoms with Crippen LogP contribution in [0.5, 0.6) is 0 Å². The third kappa shape index (κ3) is 3.78. The smallest absolute Gasteiger partial charge is 0.311 e. The number of carbonyl (C=O) groups excluding carboxylic acids is 2. The van der Waals surface area contributed by atoms with Gasteiger partial charge in [-0.1, -0.05) is 0 Å². The summed E-state index contributed by atoms with van der Waals surface area (Å²) in [4.78, 5) is 29.2. The molecule has 0 bridgehead atoms. The van der Waals surface area contributed by atoms with Gasteiger partial charge in [0.1, 0.15) is 5.76 Å². The average molecular weight is 266 g/mol. The molecule has 1 saturated heterocycles. The first kappa shape index (κ1) is 13.5. The van der Waals surface area contributed by atoms with Gasteiger partial charge in [0.05, 0.1) is 12.7 Å². The summed E-state index contributed by atoms with van der Waals surface area (Å²) >= 11 is 0. The second kappa shape index (κ2) is 6.33. The molecule has 7 heteroatoms. The van der Waals surface area contributed by atoms with E-state index in [1.54, 1.807) is 18.0 Å². The van der Waals surface area contributed by atoms with Crippen molar-refractivity contribution in [3.63, 3.8) is 0 Å². The Morgan fingerprint density at radius 3 is 3.05 bits per heavy atom. The molecule has 0 atom stereocenters. The molecule has 0 saturated carbocycles. The Labute approximate surface area is 111 Å². The van der Waals surface area contributed by atoms with Gasteiger partial charge in [-0.15, -0.1) is 0 Å². The molecule has 1 fully saturated rings. The molecular formula is C12H18N4O3. The van der Waals surface area contributed by atoms with Crippen molar-refractivity contribution in [1.29, 1.82) is 0 Å². The first-order chi connectivity index (χ1) is 9.16. The number of hydrogen-bond acceptors (Lipinski definition) is 5. The summed E-state index contributed by atoms with van der Waals surface area (Å²) in [5, 5.41) is 5.70. The minimum absolute atomic E-state index is 0.129. The van der Waals surface area contributed by atoms with Crippen LogP contribution in [0.25, 0.3) is 0 Å². The lowest BCUT2D eigenvalue weighted by molar-refractivity contribution is -0.145. The summed E-state index contributed by atoms with van der Waals surface area (Å²) in [5.74, 6) is -0.0323. The maximum Gasteiger partial charge on any atom is 0.311 e. The highest BCUT2D eigenvalue weighted by atomic mass is 16.4. The van der Waals surface area contributed by atoms with Crippen LogP contribution in [-0.2, 0) is 16.1 Å². The predicted octanol–water partition coefficient (Wildman–Crippen LogP) is -0.579. The Bertz CT molecular complexity index is 450. The van der Waals surface area contributed by atoms with Crippen molar-refractivity contribution >= 4 is 11.8 Å². The van der Waals surface area contributed by atoms with Crippen molar-refractivity contribution in [2.75, 3.05) is 26.2 Å². The fourth-order valence-corrected chi connectivity index (χ4v) is 1.91. The van der Waals surface area contributed by atoms with Crippen LogP contribution in [0, 0.1) is 6.92 Å². The third-order valence-electron chi connectivity index (χ3n) is 2.89. The molecule has 2 heterocycles. The highest BCUT2D eigenvalue weighted by molar-refractivity contribution is 6.34. The van der Waals surface area contributed by atoms with Crippen molar-refractivity contribution in [1.82, 2.24) is 20.5 Å². The number of oxazole rings is 1. The van der Waals surface area contributed by atoms with Gasteiger partial charge >= 0.3 is 11.8 Å². The summed E-state index contributed by atoms with van der Waals surface area (Å²) in [6.07, 6.45) is 2.43. The van der Waals surface area contributed by atoms with Crippen LogP contribution >= 0.6 is 0 Å². The fraction of sp³-hybridized carbons (Fsp3) is 0.583. The van der Waals surface area contributed by atoms with E-state index in [9.17, 15) is 9.59 Å². The Balaban J connectivity index is 1.83. The van der Waals surface area contributed by atoms with Crippen LogP contribution in [0.4, 0.5) is 0 Å². The SMILES string of the molecule is Cc1cnc(CNC(=O)C(=O)N2CCCNCC2)o1. The molecule has 0 spiro atoms. The average Bonchev–Trinajstić information content (AvgIpc) is 2.67. The molecule has 1 aliphatic rings. The number of nitrogens with one attached hydrogen (secondary N) is 2. The van der Waals surface area contributed by atoms with E-state index in [4.69, 9.17) is 4.42 Å². The second-order valence-corrected chi connectivity index (χ2v) is 4.44. The topological polar surface area (TPSA) is 87.5 Å². The zero-order valence-electron chi connectivity index (χ0n) is 10.9. The molecule has 1 aromatic heterocycles. The van der Waals surface area contributed by atoms with Crippen LogP contribution in [0.2, 0.25) is 0 Å². The van der Waals surface area contributed by atoms with Gasteiger partial charge in [0, 0.05) is 19.6 Å². The van der Waals surface area contributed by atoms with Gasteiger partial charge in [0.25, 0.3) is 0 Å². The molecular weight excluding hydrogens is 248 g/mol. The molecule has 19 heavy (non-hydrogen) atoms. The summed E-state index contributed by atoms with van der Waals surface area (Å²) in [7, 11) is 0. The zero-order chi connectivity index (χ0) is 13.7. The van der Waals surface area contributed by atoms with Gasteiger partial charge in [-0.25, -0.2) is 4.98 Å². The molecule has 1 aromatic rings. The predicted molar refractivity (Wildman–Crippen MR) is 67.2 cm³/mol. The van der Waals surface area contributed by atoms with E-state index in [-0.39, 0.29) is 6.54 Å². The molecule has 0 unspecified atom stereocenters. The maximum absolute atomic E-state index is 11.9. The zero-order valence-corrected chi connectivity index (χ0v) is 10.9. The third-order valence-corrected chi connectivity index (χ3v) is 2.89. The van der Waals surface area contributed by atoms with E-state index in [1.165, 1.54) is 0 Å². The summed E-state index contributed by atoms with van der Waals surface area (Å²) < 4.78 is 5.22. The van der Waals surface area contributed by atoms with Crippen LogP contribution in [0.3, 0.4) is 0 Å². The number of rotatable bonds is 2. The summed E-state index contributed by atoms with van der Waals surface area (Å²) in [6, 6.07) is 0. The summed E-state index contributed by atoms with van der Waals surface area (Å²) in [5.41, 5.74) is 0. The molecule has 104 valence electrons. The minimum Gasteiger partial charge on any atom is -0.444 e. The number of aromatic nitrogens is 1. The van der Waals surface area contributed by atoms with E-state index >= 15 is 0 Å². The normalized spacial score (nSPS) is 15.9. The Morgan fingerprint density at radius 2 is 2.32 bits per heavy atom. The van der Waals surface area contributed by atoms with Crippen LogP contribution in [-0.4, -0.2) is 47.9 Å². The Morgan fingerprint density at radius 1 is 1.47 bits per heavy atom. The first-order valence-electron chi connectivity index (χ1n) is 6.36. The van der Waals surface area contributed by atoms with E-state index in [0.29, 0.717) is 24.7 Å². The summed E-state index contributed by atoms with van der Waals surface area (Å²) in [6.45, 7) is 4.67. The van der Waals surface area contributed by atoms with Crippen molar-refractivity contribution in [3.05, 3.63) is 17.8 Å². The molecule has 2 amide bonds. The first-order valence-corrected chi connectivity index (χ1v) is 6.36. The Hall–Kier alpha value is -1.89. The lowest BCUT2D eigenvalue weighted by Crippen LogP contribution is -2.44. The van der Waals surface area contributed by atoms with E-state index in [1.807, 2.05) is 0 Å². The highest BCUT2D eigenvalue weighted by Crippen LogP contribution is 2.01. The van der Waals surface area contributed by atoms with Crippen molar-refractivity contribution in [2.24, 2.45) is 0 Å². The molecule has 0 radical (unpaired) electrons. The molecule has 1 aliphatic heterocycles. The standard InChI is InChI=1S/C12H18N4O3/c1-9-7-14-10(19-9)8-15-11(17)12(18)16-5-2-3-13-4-6-16/h7,13H,2-6,8H2,1H3,(H,15,17). The highest BCUT2D eigenvalue weighted by Gasteiger charge is 2.22. The van der Waals surface area contributed by atoms with E-state index in [0.717, 1.165) is 19.5 Å². The Kier molecular flexibility index (Phi) is 4.51. The van der Waals surface area contributed by atoms with E-state index < -0.39 is 11.8 Å². The van der Waals surface area contributed by atoms with Gasteiger partial charge < -0.3 is 20.0 Å². The number of carbonyl (C=O) groups is 2. The van der Waals surface area contributed by atoms with Crippen molar-refractivity contribution in [3.8, 4) is 0 Å². The number of nitrogens with zero attached hydrogens (tertiary/aromatic N) is 2. The van der Waals surface area contributed by atoms with Crippen LogP contribution < -0.4 is 10.6 Å². The molecule has 0 aliphatic carbocycles. The second-order valence-electron chi connectivity index (χ2n) is 4.44. The molecule has 2 rings (SSSR count). The monoisotopic (exact) mass is 266 g/mol. The number of hydrogen-bond donors (Lipinski definition) is 2. The molecule has 7 nitrogen and oxygen atoms in total. The van der Waals surface area contributed by atoms with Crippen molar-refractivity contribution < 1.29 is 14.0 Å². The van der Waals surface area contributed by atoms with Crippen molar-refractivity contribution in [2.45, 2.75) is 19.9 Å². The van der Waals surface area contributed by atoms with Crippen LogP contribution in [0.1, 0.15) is 18.1 Å². The van der Waals surface area contributed by atoms with Gasteiger partial charge in [-0.2, -0.15) is 0 Å². The number of amides is 2. The van der Waals surface area contributed by atoms with Gasteiger partial charge in [0.15, 0.2) is 0 Å². The minimum atomic E-state index is -0.613. The lowest BCUT2D eigenvalue weighted by atomic mass is 10.3. The lowest BCUT2D eigenvalue weighted by Gasteiger charge is -2.18. The van der Waals surface area contributed by atoms with Gasteiger partial charge in [-0.05, 0) is 19.9 Å². The molecule has 0 aromatic carbocycles. The fourth-order valence-electron chi connectivity index (χ4n) is 1.91. The number of aryl methyl sites for hydroxylation is 1. The van der Waals surface area contributed by atoms with Crippen LogP contribution in [0.15, 0.2) is 10.6 Å². The van der Waals surface area contributed by atoms with Gasteiger partial charge in [0.2, 0.25) is 5.89 Å². The largest absolute Gasteiger partial charge is 0.444 e. The maximum atomic E-state index is 11.9. The van der Waals surface area contributed by atoms with Gasteiger partial charge in [-0.3, -0.25) is 9.59 Å². The van der Waals surface area contributed by atoms with E-state index in [2.05, 4.69) is 15.6 Å². The molecule has 2 N–H and O–H groups in total.